The summed E-state index contributed by atoms with van der Waals surface area (Å²) in [6.45, 7) is 0. The Morgan fingerprint density at radius 3 is 2.41 bits per heavy atom. The van der Waals surface area contributed by atoms with Gasteiger partial charge in [-0.05, 0) is 18.2 Å². The minimum atomic E-state index is -0.712. The number of nitrogens with two attached hydrogens (primary N) is 1. The molecular weight excluding hydrogens is 226 g/mol. The molecule has 7 nitrogen and oxygen atoms in total. The Hall–Kier alpha value is -2.70. The van der Waals surface area contributed by atoms with Crippen molar-refractivity contribution in [3.05, 3.63) is 39.0 Å². The Labute approximate surface area is 94.2 Å². The molecule has 1 heterocycles. The van der Waals surface area contributed by atoms with Crippen molar-refractivity contribution in [2.75, 3.05) is 5.73 Å². The summed E-state index contributed by atoms with van der Waals surface area (Å²) < 4.78 is 0. The molecule has 7 heteroatoms. The number of rotatable bonds is 1. The Bertz CT molecular complexity index is 687. The molecule has 6 N–H and O–H groups in total. The molecule has 2 aromatic rings. The molecule has 0 saturated carbocycles. The second-order valence-electron chi connectivity index (χ2n) is 3.40. The first-order valence-electron chi connectivity index (χ1n) is 4.63. The molecule has 0 amide bonds. The molecule has 0 aliphatic rings. The molecule has 0 spiro atoms. The van der Waals surface area contributed by atoms with Gasteiger partial charge in [0.05, 0.1) is 5.69 Å². The molecule has 2 rings (SSSR count). The first-order chi connectivity index (χ1) is 7.99. The van der Waals surface area contributed by atoms with Gasteiger partial charge >= 0.3 is 5.69 Å². The number of aromatic nitrogens is 2. The van der Waals surface area contributed by atoms with E-state index in [2.05, 4.69) is 4.98 Å². The average molecular weight is 235 g/mol. The highest BCUT2D eigenvalue weighted by atomic mass is 16.3. The average Bonchev–Trinajstić information content (AvgIpc) is 2.27. The quantitative estimate of drug-likeness (QED) is 0.434. The molecule has 17 heavy (non-hydrogen) atoms. The van der Waals surface area contributed by atoms with E-state index in [4.69, 9.17) is 10.8 Å². The van der Waals surface area contributed by atoms with E-state index in [0.29, 0.717) is 5.56 Å². The highest BCUT2D eigenvalue weighted by Crippen LogP contribution is 2.30. The summed E-state index contributed by atoms with van der Waals surface area (Å²) in [6, 6.07) is 3.83. The topological polar surface area (TPSA) is 132 Å². The number of aromatic hydroxyl groups is 2. The van der Waals surface area contributed by atoms with E-state index < -0.39 is 11.2 Å². The van der Waals surface area contributed by atoms with Crippen LogP contribution in [0.4, 0.5) is 5.69 Å². The smallest absolute Gasteiger partial charge is 0.326 e. The van der Waals surface area contributed by atoms with Crippen LogP contribution in [0.3, 0.4) is 0 Å². The molecule has 0 aliphatic heterocycles. The first-order valence-corrected chi connectivity index (χ1v) is 4.63. The normalized spacial score (nSPS) is 10.4. The number of hydrogen-bond donors (Lipinski definition) is 5. The predicted molar refractivity (Wildman–Crippen MR) is 60.9 cm³/mol. The van der Waals surface area contributed by atoms with Crippen LogP contribution in [0.15, 0.2) is 27.8 Å². The van der Waals surface area contributed by atoms with Crippen molar-refractivity contribution in [2.45, 2.75) is 0 Å². The van der Waals surface area contributed by atoms with Gasteiger partial charge in [-0.2, -0.15) is 0 Å². The lowest BCUT2D eigenvalue weighted by molar-refractivity contribution is 0.404. The lowest BCUT2D eigenvalue weighted by Crippen LogP contribution is -2.25. The zero-order chi connectivity index (χ0) is 12.6. The zero-order valence-electron chi connectivity index (χ0n) is 8.52. The van der Waals surface area contributed by atoms with Crippen molar-refractivity contribution in [3.63, 3.8) is 0 Å². The summed E-state index contributed by atoms with van der Waals surface area (Å²) in [7, 11) is 0. The van der Waals surface area contributed by atoms with Crippen LogP contribution in [-0.2, 0) is 0 Å². The summed E-state index contributed by atoms with van der Waals surface area (Å²) >= 11 is 0. The van der Waals surface area contributed by atoms with Crippen LogP contribution in [0.5, 0.6) is 11.5 Å². The zero-order valence-corrected chi connectivity index (χ0v) is 8.52. The van der Waals surface area contributed by atoms with Crippen molar-refractivity contribution in [1.29, 1.82) is 0 Å². The Kier molecular flexibility index (Phi) is 2.36. The van der Waals surface area contributed by atoms with Crippen molar-refractivity contribution < 1.29 is 10.2 Å². The molecule has 0 aliphatic carbocycles. The number of benzene rings is 1. The highest BCUT2D eigenvalue weighted by Gasteiger charge is 2.10. The van der Waals surface area contributed by atoms with Gasteiger partial charge in [-0.1, -0.05) is 0 Å². The van der Waals surface area contributed by atoms with Gasteiger partial charge in [0.1, 0.15) is 5.69 Å². The van der Waals surface area contributed by atoms with E-state index in [1.807, 2.05) is 4.98 Å². The minimum absolute atomic E-state index is 0.0917. The number of hydrogen-bond acceptors (Lipinski definition) is 5. The van der Waals surface area contributed by atoms with E-state index in [-0.39, 0.29) is 22.9 Å². The number of nitrogen functional groups attached to an aromatic ring is 1. The van der Waals surface area contributed by atoms with Crippen molar-refractivity contribution >= 4 is 5.69 Å². The summed E-state index contributed by atoms with van der Waals surface area (Å²) in [5.41, 5.74) is 4.34. The molecule has 1 aromatic carbocycles. The van der Waals surface area contributed by atoms with E-state index in [0.717, 1.165) is 0 Å². The van der Waals surface area contributed by atoms with Gasteiger partial charge in [-0.25, -0.2) is 4.79 Å². The Balaban J connectivity index is 2.72. The summed E-state index contributed by atoms with van der Waals surface area (Å²) in [4.78, 5) is 26.7. The van der Waals surface area contributed by atoms with Crippen LogP contribution in [0.25, 0.3) is 11.3 Å². The third-order valence-corrected chi connectivity index (χ3v) is 2.24. The Morgan fingerprint density at radius 2 is 1.76 bits per heavy atom. The van der Waals surface area contributed by atoms with E-state index >= 15 is 0 Å². The fourth-order valence-corrected chi connectivity index (χ4v) is 1.40. The van der Waals surface area contributed by atoms with E-state index in [1.165, 1.54) is 18.2 Å². The lowest BCUT2D eigenvalue weighted by Gasteiger charge is -2.05. The van der Waals surface area contributed by atoms with Crippen LogP contribution in [0, 0.1) is 0 Å². The molecule has 0 radical (unpaired) electrons. The first kappa shape index (κ1) is 10.8. The summed E-state index contributed by atoms with van der Waals surface area (Å²) in [6.07, 6.45) is 0. The molecule has 0 bridgehead atoms. The number of aromatic amines is 2. The van der Waals surface area contributed by atoms with Crippen LogP contribution < -0.4 is 17.0 Å². The maximum Gasteiger partial charge on any atom is 0.326 e. The molecule has 88 valence electrons. The van der Waals surface area contributed by atoms with Crippen LogP contribution >= 0.6 is 0 Å². The van der Waals surface area contributed by atoms with Crippen LogP contribution in [0.1, 0.15) is 0 Å². The second-order valence-corrected chi connectivity index (χ2v) is 3.40. The molecule has 0 unspecified atom stereocenters. The number of phenols is 2. The molecule has 0 saturated heterocycles. The number of nitrogens with one attached hydrogen (secondary N) is 2. The van der Waals surface area contributed by atoms with Gasteiger partial charge in [0, 0.05) is 5.56 Å². The third-order valence-electron chi connectivity index (χ3n) is 2.24. The van der Waals surface area contributed by atoms with Crippen LogP contribution in [0.2, 0.25) is 0 Å². The number of anilines is 1. The third kappa shape index (κ3) is 1.85. The lowest BCUT2D eigenvalue weighted by atomic mass is 10.1. The van der Waals surface area contributed by atoms with Crippen molar-refractivity contribution in [3.8, 4) is 22.8 Å². The van der Waals surface area contributed by atoms with E-state index in [9.17, 15) is 14.7 Å². The van der Waals surface area contributed by atoms with Gasteiger partial charge in [-0.3, -0.25) is 9.78 Å². The van der Waals surface area contributed by atoms with Crippen LogP contribution in [-0.4, -0.2) is 20.2 Å². The van der Waals surface area contributed by atoms with Gasteiger partial charge in [0.25, 0.3) is 5.56 Å². The summed E-state index contributed by atoms with van der Waals surface area (Å²) in [5, 5.41) is 18.5. The number of H-pyrrole nitrogens is 2. The maximum atomic E-state index is 11.3. The molecule has 0 atom stereocenters. The SMILES string of the molecule is Nc1c(-c2ccc(O)c(O)c2)[nH]c(=O)[nH]c1=O. The monoisotopic (exact) mass is 235 g/mol. The highest BCUT2D eigenvalue weighted by molar-refractivity contribution is 5.73. The van der Waals surface area contributed by atoms with Gasteiger partial charge in [0.15, 0.2) is 11.5 Å². The largest absolute Gasteiger partial charge is 0.504 e. The molecular formula is C10H9N3O4. The second kappa shape index (κ2) is 3.71. The van der Waals surface area contributed by atoms with E-state index in [1.54, 1.807) is 0 Å². The van der Waals surface area contributed by atoms with Gasteiger partial charge in [-0.15, -0.1) is 0 Å². The van der Waals surface area contributed by atoms with Gasteiger partial charge < -0.3 is 20.9 Å². The minimum Gasteiger partial charge on any atom is -0.504 e. The maximum absolute atomic E-state index is 11.3. The van der Waals surface area contributed by atoms with Crippen molar-refractivity contribution in [2.24, 2.45) is 0 Å². The standard InChI is InChI=1S/C10H9N3O4/c11-7-8(12-10(17)13-9(7)16)4-1-2-5(14)6(15)3-4/h1-3,14-15H,11H2,(H2,12,13,16,17). The Morgan fingerprint density at radius 1 is 1.06 bits per heavy atom. The van der Waals surface area contributed by atoms with Gasteiger partial charge in [0.2, 0.25) is 0 Å². The fraction of sp³-hybridized carbons (Fsp3) is 0. The molecule has 1 aromatic heterocycles. The fourth-order valence-electron chi connectivity index (χ4n) is 1.40. The molecule has 0 fully saturated rings. The summed E-state index contributed by atoms with van der Waals surface area (Å²) in [5.74, 6) is -0.678. The van der Waals surface area contributed by atoms with Crippen molar-refractivity contribution in [1.82, 2.24) is 9.97 Å². The predicted octanol–water partition coefficient (Wildman–Crippen LogP) is -0.276. The number of phenolic OH excluding ortho intramolecular Hbond substituents is 2.